The van der Waals surface area contributed by atoms with Crippen LogP contribution in [0.1, 0.15) is 20.8 Å². The molecule has 0 saturated carbocycles. The van der Waals surface area contributed by atoms with Crippen LogP contribution in [0.5, 0.6) is 0 Å². The van der Waals surface area contributed by atoms with E-state index in [1.807, 2.05) is 0 Å². The highest BCUT2D eigenvalue weighted by Crippen LogP contribution is 2.39. The van der Waals surface area contributed by atoms with Crippen LogP contribution in [0.25, 0.3) is 0 Å². The van der Waals surface area contributed by atoms with E-state index < -0.39 is 0 Å². The molecule has 1 heterocycles. The molecule has 0 bridgehead atoms. The Morgan fingerprint density at radius 2 is 2.10 bits per heavy atom. The van der Waals surface area contributed by atoms with E-state index in [1.54, 1.807) is 11.8 Å². The molecule has 0 amide bonds. The molecular formula is C8H12OS. The van der Waals surface area contributed by atoms with Gasteiger partial charge in [0.25, 0.3) is 0 Å². The van der Waals surface area contributed by atoms with E-state index in [2.05, 4.69) is 20.8 Å². The summed E-state index contributed by atoms with van der Waals surface area (Å²) in [5.41, 5.74) is 1.38. The zero-order valence-electron chi connectivity index (χ0n) is 6.55. The quantitative estimate of drug-likeness (QED) is 0.541. The number of aldehydes is 1. The standard InChI is InChI=1S/C8H12OS/c1-5-6(2)8(4-9)10-7(5)3/h4,6,8H,1-3H3. The number of hydrogen-bond acceptors (Lipinski definition) is 2. The van der Waals surface area contributed by atoms with Gasteiger partial charge in [0.2, 0.25) is 0 Å². The van der Waals surface area contributed by atoms with E-state index in [4.69, 9.17) is 0 Å². The van der Waals surface area contributed by atoms with E-state index >= 15 is 0 Å². The lowest BCUT2D eigenvalue weighted by atomic mass is 10.00. The molecule has 0 fully saturated rings. The van der Waals surface area contributed by atoms with Gasteiger partial charge in [-0.2, -0.15) is 0 Å². The molecule has 0 aromatic carbocycles. The minimum absolute atomic E-state index is 0.181. The Morgan fingerprint density at radius 3 is 2.30 bits per heavy atom. The molecule has 2 unspecified atom stereocenters. The molecule has 1 rings (SSSR count). The highest BCUT2D eigenvalue weighted by atomic mass is 32.2. The van der Waals surface area contributed by atoms with Crippen LogP contribution in [0.15, 0.2) is 10.5 Å². The summed E-state index contributed by atoms with van der Waals surface area (Å²) in [7, 11) is 0. The van der Waals surface area contributed by atoms with Crippen molar-refractivity contribution in [2.24, 2.45) is 5.92 Å². The lowest BCUT2D eigenvalue weighted by Gasteiger charge is -2.07. The van der Waals surface area contributed by atoms with Gasteiger partial charge in [0, 0.05) is 0 Å². The Balaban J connectivity index is 2.76. The average molecular weight is 156 g/mol. The van der Waals surface area contributed by atoms with Crippen molar-refractivity contribution in [2.75, 3.05) is 0 Å². The van der Waals surface area contributed by atoms with Crippen molar-refractivity contribution in [1.29, 1.82) is 0 Å². The number of rotatable bonds is 1. The van der Waals surface area contributed by atoms with Gasteiger partial charge in [-0.05, 0) is 24.7 Å². The molecule has 10 heavy (non-hydrogen) atoms. The number of hydrogen-bond donors (Lipinski definition) is 0. The largest absolute Gasteiger partial charge is 0.302 e. The summed E-state index contributed by atoms with van der Waals surface area (Å²) in [4.78, 5) is 11.8. The normalized spacial score (nSPS) is 33.1. The second kappa shape index (κ2) is 2.79. The van der Waals surface area contributed by atoms with Gasteiger partial charge in [0.1, 0.15) is 6.29 Å². The first-order valence-corrected chi connectivity index (χ1v) is 4.34. The van der Waals surface area contributed by atoms with Crippen molar-refractivity contribution < 1.29 is 4.79 Å². The predicted molar refractivity (Wildman–Crippen MR) is 45.0 cm³/mol. The fraction of sp³-hybridized carbons (Fsp3) is 0.625. The molecule has 2 atom stereocenters. The van der Waals surface area contributed by atoms with Gasteiger partial charge < -0.3 is 4.79 Å². The highest BCUT2D eigenvalue weighted by molar-refractivity contribution is 8.04. The number of carbonyl (C=O) groups is 1. The Hall–Kier alpha value is -0.240. The third kappa shape index (κ3) is 1.12. The van der Waals surface area contributed by atoms with Crippen molar-refractivity contribution in [1.82, 2.24) is 0 Å². The molecule has 0 aromatic heterocycles. The molecule has 0 aliphatic carbocycles. The molecule has 0 saturated heterocycles. The molecule has 56 valence electrons. The van der Waals surface area contributed by atoms with Gasteiger partial charge in [-0.15, -0.1) is 11.8 Å². The van der Waals surface area contributed by atoms with Gasteiger partial charge in [0.05, 0.1) is 5.25 Å². The second-order valence-corrected chi connectivity index (χ2v) is 4.14. The second-order valence-electron chi connectivity index (χ2n) is 2.75. The minimum Gasteiger partial charge on any atom is -0.302 e. The van der Waals surface area contributed by atoms with Crippen molar-refractivity contribution in [3.63, 3.8) is 0 Å². The van der Waals surface area contributed by atoms with E-state index in [1.165, 1.54) is 10.5 Å². The maximum atomic E-state index is 10.5. The van der Waals surface area contributed by atoms with Crippen LogP contribution in [0.2, 0.25) is 0 Å². The molecule has 1 aliphatic heterocycles. The molecule has 2 heteroatoms. The lowest BCUT2D eigenvalue weighted by Crippen LogP contribution is -2.10. The molecule has 0 spiro atoms. The van der Waals surface area contributed by atoms with Crippen molar-refractivity contribution in [3.8, 4) is 0 Å². The van der Waals surface area contributed by atoms with Crippen LogP contribution in [0, 0.1) is 5.92 Å². The topological polar surface area (TPSA) is 17.1 Å². The third-order valence-corrected chi connectivity index (χ3v) is 3.65. The summed E-state index contributed by atoms with van der Waals surface area (Å²) in [6.45, 7) is 6.30. The molecule has 1 aliphatic rings. The molecule has 0 aromatic rings. The molecule has 0 N–H and O–H groups in total. The van der Waals surface area contributed by atoms with Gasteiger partial charge in [-0.3, -0.25) is 0 Å². The van der Waals surface area contributed by atoms with Crippen LogP contribution in [0.3, 0.4) is 0 Å². The van der Waals surface area contributed by atoms with Crippen LogP contribution in [-0.2, 0) is 4.79 Å². The zero-order chi connectivity index (χ0) is 7.72. The first-order chi connectivity index (χ1) is 4.66. The summed E-state index contributed by atoms with van der Waals surface area (Å²) < 4.78 is 0. The summed E-state index contributed by atoms with van der Waals surface area (Å²) >= 11 is 1.69. The third-order valence-electron chi connectivity index (χ3n) is 2.18. The maximum Gasteiger partial charge on any atom is 0.133 e. The zero-order valence-corrected chi connectivity index (χ0v) is 7.37. The highest BCUT2D eigenvalue weighted by Gasteiger charge is 2.26. The van der Waals surface area contributed by atoms with E-state index in [0.29, 0.717) is 5.92 Å². The first kappa shape index (κ1) is 7.86. The smallest absolute Gasteiger partial charge is 0.133 e. The van der Waals surface area contributed by atoms with Crippen LogP contribution >= 0.6 is 11.8 Å². The lowest BCUT2D eigenvalue weighted by molar-refractivity contribution is -0.107. The van der Waals surface area contributed by atoms with Gasteiger partial charge in [0.15, 0.2) is 0 Å². The molecule has 0 radical (unpaired) electrons. The average Bonchev–Trinajstić information content (AvgIpc) is 2.17. The van der Waals surface area contributed by atoms with Crippen LogP contribution in [0.4, 0.5) is 0 Å². The SMILES string of the molecule is CC1=C(C)C(C)C(C=O)S1. The molecule has 1 nitrogen and oxygen atoms in total. The predicted octanol–water partition coefficient (Wildman–Crippen LogP) is 2.23. The van der Waals surface area contributed by atoms with Crippen molar-refractivity contribution in [2.45, 2.75) is 26.0 Å². The van der Waals surface area contributed by atoms with Crippen molar-refractivity contribution in [3.05, 3.63) is 10.5 Å². The maximum absolute atomic E-state index is 10.5. The Morgan fingerprint density at radius 1 is 1.50 bits per heavy atom. The first-order valence-electron chi connectivity index (χ1n) is 3.46. The van der Waals surface area contributed by atoms with Crippen LogP contribution in [-0.4, -0.2) is 11.5 Å². The molecular weight excluding hydrogens is 144 g/mol. The van der Waals surface area contributed by atoms with Gasteiger partial charge in [-0.25, -0.2) is 0 Å². The number of allylic oxidation sites excluding steroid dienone is 2. The fourth-order valence-corrected chi connectivity index (χ4v) is 2.36. The van der Waals surface area contributed by atoms with Gasteiger partial charge >= 0.3 is 0 Å². The summed E-state index contributed by atoms with van der Waals surface area (Å²) in [6, 6.07) is 0. The van der Waals surface area contributed by atoms with E-state index in [9.17, 15) is 4.79 Å². The Kier molecular flexibility index (Phi) is 2.19. The van der Waals surface area contributed by atoms with E-state index in [0.717, 1.165) is 6.29 Å². The van der Waals surface area contributed by atoms with Gasteiger partial charge in [-0.1, -0.05) is 12.5 Å². The summed E-state index contributed by atoms with van der Waals surface area (Å²) in [5.74, 6) is 0.447. The van der Waals surface area contributed by atoms with Crippen LogP contribution < -0.4 is 0 Å². The summed E-state index contributed by atoms with van der Waals surface area (Å²) in [5, 5.41) is 0.181. The minimum atomic E-state index is 0.181. The Bertz CT molecular complexity index is 184. The van der Waals surface area contributed by atoms with Crippen molar-refractivity contribution >= 4 is 18.0 Å². The summed E-state index contributed by atoms with van der Waals surface area (Å²) in [6.07, 6.45) is 1.05. The Labute approximate surface area is 65.9 Å². The van der Waals surface area contributed by atoms with E-state index in [-0.39, 0.29) is 5.25 Å². The number of thioether (sulfide) groups is 1. The monoisotopic (exact) mass is 156 g/mol. The fourth-order valence-electron chi connectivity index (χ4n) is 1.11. The number of carbonyl (C=O) groups excluding carboxylic acids is 1.